The number of benzene rings is 1. The van der Waals surface area contributed by atoms with Crippen molar-refractivity contribution in [3.63, 3.8) is 0 Å². The lowest BCUT2D eigenvalue weighted by atomic mass is 10.2. The van der Waals surface area contributed by atoms with Gasteiger partial charge in [-0.15, -0.1) is 0 Å². The van der Waals surface area contributed by atoms with Crippen LogP contribution in [0.4, 0.5) is 0 Å². The second kappa shape index (κ2) is 5.58. The third-order valence-corrected chi connectivity index (χ3v) is 3.47. The Kier molecular flexibility index (Phi) is 4.59. The third-order valence-electron chi connectivity index (χ3n) is 2.12. The Balaban J connectivity index is 3.27. The summed E-state index contributed by atoms with van der Waals surface area (Å²) in [5.41, 5.74) is 0.132. The van der Waals surface area contributed by atoms with Gasteiger partial charge in [0.05, 0.1) is 17.6 Å². The third kappa shape index (κ3) is 3.61. The highest BCUT2D eigenvalue weighted by Gasteiger charge is 2.18. The molecule has 1 rings (SSSR count). The van der Waals surface area contributed by atoms with Gasteiger partial charge in [0.15, 0.2) is 0 Å². The minimum absolute atomic E-state index is 0.0709. The molecular weight excluding hydrogens is 278 g/mol. The van der Waals surface area contributed by atoms with E-state index in [0.717, 1.165) is 0 Å². The molecule has 0 unspecified atom stereocenters. The van der Waals surface area contributed by atoms with E-state index in [-0.39, 0.29) is 22.3 Å². The lowest BCUT2D eigenvalue weighted by molar-refractivity contribution is 0.0940. The Morgan fingerprint density at radius 3 is 2.44 bits per heavy atom. The quantitative estimate of drug-likeness (QED) is 0.858. The Bertz CT molecular complexity index is 554. The fourth-order valence-electron chi connectivity index (χ4n) is 1.36. The molecule has 1 aromatic carbocycles. The van der Waals surface area contributed by atoms with E-state index >= 15 is 0 Å². The summed E-state index contributed by atoms with van der Waals surface area (Å²) in [6.07, 6.45) is 0. The van der Waals surface area contributed by atoms with Crippen molar-refractivity contribution in [3.05, 3.63) is 23.8 Å². The van der Waals surface area contributed by atoms with Crippen LogP contribution in [-0.4, -0.2) is 27.5 Å². The van der Waals surface area contributed by atoms with E-state index in [1.54, 1.807) is 13.8 Å². The van der Waals surface area contributed by atoms with Gasteiger partial charge in [-0.2, -0.15) is 0 Å². The predicted molar refractivity (Wildman–Crippen MR) is 68.6 cm³/mol. The molecule has 0 spiro atoms. The molecule has 1 amide bonds. The number of hydrogen-bond donors (Lipinski definition) is 1. The maximum absolute atomic E-state index is 11.9. The predicted octanol–water partition coefficient (Wildman–Crippen LogP) is 1.76. The van der Waals surface area contributed by atoms with Crippen LogP contribution in [0.25, 0.3) is 0 Å². The molecule has 0 heterocycles. The number of nitrogens with one attached hydrogen (secondary N) is 1. The monoisotopic (exact) mass is 291 g/mol. The van der Waals surface area contributed by atoms with Gasteiger partial charge >= 0.3 is 0 Å². The number of rotatable bonds is 4. The first kappa shape index (κ1) is 14.8. The van der Waals surface area contributed by atoms with E-state index in [1.807, 2.05) is 0 Å². The molecule has 0 aliphatic carbocycles. The molecule has 0 aliphatic heterocycles. The fraction of sp³-hybridized carbons (Fsp3) is 0.364. The number of ether oxygens (including phenoxy) is 1. The van der Waals surface area contributed by atoms with E-state index in [4.69, 9.17) is 15.4 Å². The molecule has 0 fully saturated rings. The summed E-state index contributed by atoms with van der Waals surface area (Å²) in [6.45, 7) is 3.60. The van der Waals surface area contributed by atoms with Crippen LogP contribution in [0.2, 0.25) is 0 Å². The van der Waals surface area contributed by atoms with Crippen molar-refractivity contribution < 1.29 is 17.9 Å². The van der Waals surface area contributed by atoms with Gasteiger partial charge < -0.3 is 10.1 Å². The zero-order valence-corrected chi connectivity index (χ0v) is 11.8. The lowest BCUT2D eigenvalue weighted by Gasteiger charge is -2.12. The van der Waals surface area contributed by atoms with Gasteiger partial charge in [-0.1, -0.05) is 0 Å². The summed E-state index contributed by atoms with van der Waals surface area (Å²) >= 11 is 0. The van der Waals surface area contributed by atoms with Gasteiger partial charge in [-0.05, 0) is 32.0 Å². The summed E-state index contributed by atoms with van der Waals surface area (Å²) in [7, 11) is 2.76. The van der Waals surface area contributed by atoms with E-state index in [9.17, 15) is 13.2 Å². The second-order valence-electron chi connectivity index (χ2n) is 3.93. The van der Waals surface area contributed by atoms with Crippen molar-refractivity contribution in [2.45, 2.75) is 24.8 Å². The molecule has 5 nitrogen and oxygen atoms in total. The molecule has 0 atom stereocenters. The fourth-order valence-corrected chi connectivity index (χ4v) is 2.13. The highest BCUT2D eigenvalue weighted by molar-refractivity contribution is 8.13. The Labute approximate surface area is 111 Å². The van der Waals surface area contributed by atoms with Gasteiger partial charge in [0, 0.05) is 16.7 Å². The van der Waals surface area contributed by atoms with E-state index < -0.39 is 15.0 Å². The average molecular weight is 292 g/mol. The molecule has 1 N–H and O–H groups in total. The molecule has 1 aromatic rings. The smallest absolute Gasteiger partial charge is 0.261 e. The molecule has 7 heteroatoms. The first-order valence-electron chi connectivity index (χ1n) is 5.19. The molecule has 0 aromatic heterocycles. The molecule has 0 bridgehead atoms. The van der Waals surface area contributed by atoms with Crippen molar-refractivity contribution >= 4 is 25.6 Å². The van der Waals surface area contributed by atoms with Crippen molar-refractivity contribution in [2.75, 3.05) is 7.11 Å². The molecule has 0 aliphatic rings. The molecule has 0 radical (unpaired) electrons. The van der Waals surface area contributed by atoms with Crippen LogP contribution < -0.4 is 10.1 Å². The van der Waals surface area contributed by atoms with Crippen LogP contribution in [0.5, 0.6) is 5.75 Å². The van der Waals surface area contributed by atoms with Gasteiger partial charge in [0.1, 0.15) is 5.75 Å². The molecule has 0 saturated heterocycles. The van der Waals surface area contributed by atoms with Crippen molar-refractivity contribution in [1.29, 1.82) is 0 Å². The van der Waals surface area contributed by atoms with Crippen molar-refractivity contribution in [3.8, 4) is 5.75 Å². The van der Waals surface area contributed by atoms with Crippen molar-refractivity contribution in [2.24, 2.45) is 0 Å². The van der Waals surface area contributed by atoms with Crippen LogP contribution in [-0.2, 0) is 9.05 Å². The maximum atomic E-state index is 11.9. The van der Waals surface area contributed by atoms with Crippen molar-refractivity contribution in [1.82, 2.24) is 5.32 Å². The number of carbonyl (C=O) groups excluding carboxylic acids is 1. The average Bonchev–Trinajstić information content (AvgIpc) is 2.26. The largest absolute Gasteiger partial charge is 0.496 e. The SMILES string of the molecule is COc1ccc(S(=O)(=O)Cl)cc1C(=O)NC(C)C. The summed E-state index contributed by atoms with van der Waals surface area (Å²) in [5, 5.41) is 2.66. The summed E-state index contributed by atoms with van der Waals surface area (Å²) in [5.74, 6) is -0.124. The van der Waals surface area contributed by atoms with Crippen LogP contribution in [0.3, 0.4) is 0 Å². The molecule has 0 saturated carbocycles. The number of amides is 1. The van der Waals surface area contributed by atoms with Gasteiger partial charge in [0.2, 0.25) is 0 Å². The van der Waals surface area contributed by atoms with Gasteiger partial charge in [0.25, 0.3) is 15.0 Å². The topological polar surface area (TPSA) is 72.5 Å². The highest BCUT2D eigenvalue weighted by Crippen LogP contribution is 2.24. The summed E-state index contributed by atoms with van der Waals surface area (Å²) in [4.78, 5) is 11.7. The lowest BCUT2D eigenvalue weighted by Crippen LogP contribution is -2.30. The first-order valence-corrected chi connectivity index (χ1v) is 7.50. The minimum Gasteiger partial charge on any atom is -0.496 e. The second-order valence-corrected chi connectivity index (χ2v) is 6.49. The van der Waals surface area contributed by atoms with Crippen LogP contribution >= 0.6 is 10.7 Å². The Morgan fingerprint density at radius 2 is 2.00 bits per heavy atom. The van der Waals surface area contributed by atoms with Crippen LogP contribution in [0, 0.1) is 0 Å². The maximum Gasteiger partial charge on any atom is 0.261 e. The zero-order chi connectivity index (χ0) is 13.9. The highest BCUT2D eigenvalue weighted by atomic mass is 35.7. The Morgan fingerprint density at radius 1 is 1.39 bits per heavy atom. The normalized spacial score (nSPS) is 11.4. The number of hydrogen-bond acceptors (Lipinski definition) is 4. The number of methoxy groups -OCH3 is 1. The minimum atomic E-state index is -3.88. The number of halogens is 1. The Hall–Kier alpha value is -1.27. The molecule has 100 valence electrons. The summed E-state index contributed by atoms with van der Waals surface area (Å²) < 4.78 is 27.5. The van der Waals surface area contributed by atoms with Gasteiger partial charge in [-0.3, -0.25) is 4.79 Å². The van der Waals surface area contributed by atoms with Gasteiger partial charge in [-0.25, -0.2) is 8.42 Å². The van der Waals surface area contributed by atoms with Crippen LogP contribution in [0.15, 0.2) is 23.1 Å². The first-order chi connectivity index (χ1) is 8.25. The zero-order valence-electron chi connectivity index (χ0n) is 10.2. The van der Waals surface area contributed by atoms with Crippen LogP contribution in [0.1, 0.15) is 24.2 Å². The van der Waals surface area contributed by atoms with E-state index in [2.05, 4.69) is 5.32 Å². The molecular formula is C11H14ClNO4S. The van der Waals surface area contributed by atoms with E-state index in [1.165, 1.54) is 25.3 Å². The summed E-state index contributed by atoms with van der Waals surface area (Å²) in [6, 6.07) is 3.80. The molecule has 18 heavy (non-hydrogen) atoms. The van der Waals surface area contributed by atoms with E-state index in [0.29, 0.717) is 0 Å². The standard InChI is InChI=1S/C11H14ClNO4S/c1-7(2)13-11(14)9-6-8(18(12,15)16)4-5-10(9)17-3/h4-7H,1-3H3,(H,13,14). The number of carbonyl (C=O) groups is 1.